The van der Waals surface area contributed by atoms with Gasteiger partial charge in [-0.15, -0.1) is 0 Å². The molecule has 0 radical (unpaired) electrons. The standard InChI is InChI=1S/C22H27N7O/c1-14-12-20-16(3)18(6-10-29(20)26-14)25-22(30)28-9-5-17-19(4-7-24-21(17)28)27-11-8-23-15(2)13-27/h4,6-7,10,12,15,23H,5,8-9,11,13H2,1-3H3,(H,25,30)/t15-/m0/s1. The molecule has 0 spiro atoms. The van der Waals surface area contributed by atoms with E-state index in [9.17, 15) is 4.79 Å². The fourth-order valence-corrected chi connectivity index (χ4v) is 4.56. The van der Waals surface area contributed by atoms with Crippen molar-refractivity contribution in [3.05, 3.63) is 47.4 Å². The van der Waals surface area contributed by atoms with E-state index in [0.29, 0.717) is 12.6 Å². The molecule has 0 unspecified atom stereocenters. The van der Waals surface area contributed by atoms with Crippen molar-refractivity contribution < 1.29 is 4.79 Å². The van der Waals surface area contributed by atoms with E-state index in [4.69, 9.17) is 0 Å². The quantitative estimate of drug-likeness (QED) is 0.686. The molecule has 30 heavy (non-hydrogen) atoms. The normalized spacial score (nSPS) is 18.7. The summed E-state index contributed by atoms with van der Waals surface area (Å²) in [6.45, 7) is 9.72. The second kappa shape index (κ2) is 7.28. The van der Waals surface area contributed by atoms with Crippen molar-refractivity contribution in [3.63, 3.8) is 0 Å². The van der Waals surface area contributed by atoms with E-state index in [-0.39, 0.29) is 6.03 Å². The van der Waals surface area contributed by atoms with Crippen LogP contribution >= 0.6 is 0 Å². The molecule has 2 N–H and O–H groups in total. The summed E-state index contributed by atoms with van der Waals surface area (Å²) in [5, 5.41) is 11.0. The van der Waals surface area contributed by atoms with E-state index in [2.05, 4.69) is 38.6 Å². The molecule has 0 saturated carbocycles. The molecule has 2 amide bonds. The van der Waals surface area contributed by atoms with Gasteiger partial charge in [0.15, 0.2) is 0 Å². The minimum Gasteiger partial charge on any atom is -0.368 e. The van der Waals surface area contributed by atoms with Gasteiger partial charge >= 0.3 is 6.03 Å². The summed E-state index contributed by atoms with van der Waals surface area (Å²) in [6.07, 6.45) is 4.52. The number of urea groups is 1. The van der Waals surface area contributed by atoms with E-state index in [1.165, 1.54) is 11.3 Å². The Bertz CT molecular complexity index is 1120. The van der Waals surface area contributed by atoms with Gasteiger partial charge in [-0.1, -0.05) is 0 Å². The zero-order chi connectivity index (χ0) is 20.8. The van der Waals surface area contributed by atoms with Gasteiger partial charge in [0, 0.05) is 61.6 Å². The van der Waals surface area contributed by atoms with Crippen molar-refractivity contribution in [3.8, 4) is 0 Å². The molecule has 3 aromatic heterocycles. The first-order chi connectivity index (χ1) is 14.5. The van der Waals surface area contributed by atoms with Gasteiger partial charge in [-0.2, -0.15) is 5.10 Å². The lowest BCUT2D eigenvalue weighted by Gasteiger charge is -2.34. The average Bonchev–Trinajstić information content (AvgIpc) is 3.33. The Balaban J connectivity index is 1.40. The third-order valence-corrected chi connectivity index (χ3v) is 6.07. The first kappa shape index (κ1) is 18.9. The molecule has 1 fully saturated rings. The number of aryl methyl sites for hydroxylation is 2. The van der Waals surface area contributed by atoms with Gasteiger partial charge in [-0.25, -0.2) is 14.3 Å². The lowest BCUT2D eigenvalue weighted by molar-refractivity contribution is 0.257. The highest BCUT2D eigenvalue weighted by molar-refractivity contribution is 6.03. The second-order valence-corrected chi connectivity index (χ2v) is 8.24. The van der Waals surface area contributed by atoms with E-state index in [0.717, 1.165) is 54.3 Å². The molecule has 2 aliphatic heterocycles. The fourth-order valence-electron chi connectivity index (χ4n) is 4.56. The highest BCUT2D eigenvalue weighted by Gasteiger charge is 2.30. The van der Waals surface area contributed by atoms with Crippen LogP contribution in [0.15, 0.2) is 30.6 Å². The molecular weight excluding hydrogens is 378 g/mol. The molecule has 0 aliphatic carbocycles. The fraction of sp³-hybridized carbons (Fsp3) is 0.409. The molecule has 1 atom stereocenters. The van der Waals surface area contributed by atoms with Crippen molar-refractivity contribution >= 4 is 28.7 Å². The van der Waals surface area contributed by atoms with Gasteiger partial charge in [-0.3, -0.25) is 4.90 Å². The first-order valence-corrected chi connectivity index (χ1v) is 10.5. The van der Waals surface area contributed by atoms with Crippen molar-refractivity contribution in [2.45, 2.75) is 33.2 Å². The summed E-state index contributed by atoms with van der Waals surface area (Å²) in [5.41, 5.74) is 6.13. The minimum absolute atomic E-state index is 0.143. The summed E-state index contributed by atoms with van der Waals surface area (Å²) in [4.78, 5) is 21.9. The van der Waals surface area contributed by atoms with Crippen LogP contribution in [0.2, 0.25) is 0 Å². The highest BCUT2D eigenvalue weighted by atomic mass is 16.2. The summed E-state index contributed by atoms with van der Waals surface area (Å²) in [7, 11) is 0. The number of rotatable bonds is 2. The number of carbonyl (C=O) groups excluding carboxylic acids is 1. The molecule has 3 aromatic rings. The lowest BCUT2D eigenvalue weighted by Crippen LogP contribution is -2.49. The summed E-state index contributed by atoms with van der Waals surface area (Å²) in [5.74, 6) is 0.773. The van der Waals surface area contributed by atoms with Crippen molar-refractivity contribution in [1.29, 1.82) is 0 Å². The number of pyridine rings is 2. The van der Waals surface area contributed by atoms with Crippen LogP contribution in [0.3, 0.4) is 0 Å². The average molecular weight is 406 g/mol. The number of piperazine rings is 1. The van der Waals surface area contributed by atoms with Gasteiger partial charge in [0.25, 0.3) is 0 Å². The Morgan fingerprint density at radius 2 is 2.13 bits per heavy atom. The molecule has 5 heterocycles. The molecule has 2 aliphatic rings. The predicted octanol–water partition coefficient (Wildman–Crippen LogP) is 2.74. The number of hydrogen-bond donors (Lipinski definition) is 2. The van der Waals surface area contributed by atoms with Crippen LogP contribution in [-0.2, 0) is 6.42 Å². The maximum absolute atomic E-state index is 13.1. The Morgan fingerprint density at radius 3 is 2.97 bits per heavy atom. The van der Waals surface area contributed by atoms with Gasteiger partial charge in [-0.05, 0) is 51.0 Å². The van der Waals surface area contributed by atoms with Gasteiger partial charge < -0.3 is 15.5 Å². The number of anilines is 3. The number of aromatic nitrogens is 3. The van der Waals surface area contributed by atoms with Gasteiger partial charge in [0.2, 0.25) is 0 Å². The number of nitrogens with one attached hydrogen (secondary N) is 2. The zero-order valence-electron chi connectivity index (χ0n) is 17.6. The molecule has 5 rings (SSSR count). The monoisotopic (exact) mass is 405 g/mol. The second-order valence-electron chi connectivity index (χ2n) is 8.24. The largest absolute Gasteiger partial charge is 0.368 e. The SMILES string of the molecule is Cc1cc2c(C)c(NC(=O)N3CCc4c(N5CCN[C@@H](C)C5)ccnc43)ccn2n1. The van der Waals surface area contributed by atoms with Crippen molar-refractivity contribution in [1.82, 2.24) is 19.9 Å². The Kier molecular flexibility index (Phi) is 4.58. The van der Waals surface area contributed by atoms with Gasteiger partial charge in [0.05, 0.1) is 11.2 Å². The molecule has 0 bridgehead atoms. The Hall–Kier alpha value is -3.13. The minimum atomic E-state index is -0.143. The van der Waals surface area contributed by atoms with Gasteiger partial charge in [0.1, 0.15) is 5.82 Å². The first-order valence-electron chi connectivity index (χ1n) is 10.5. The molecule has 1 saturated heterocycles. The van der Waals surface area contributed by atoms with Crippen molar-refractivity contribution in [2.75, 3.05) is 41.3 Å². The van der Waals surface area contributed by atoms with Crippen LogP contribution in [-0.4, -0.2) is 52.9 Å². The number of amides is 2. The van der Waals surface area contributed by atoms with E-state index in [1.807, 2.05) is 42.9 Å². The highest BCUT2D eigenvalue weighted by Crippen LogP contribution is 2.34. The topological polar surface area (TPSA) is 77.8 Å². The van der Waals surface area contributed by atoms with E-state index >= 15 is 0 Å². The predicted molar refractivity (Wildman–Crippen MR) is 119 cm³/mol. The maximum atomic E-state index is 13.1. The van der Waals surface area contributed by atoms with Crippen LogP contribution in [0.4, 0.5) is 22.0 Å². The third kappa shape index (κ3) is 3.17. The maximum Gasteiger partial charge on any atom is 0.327 e. The third-order valence-electron chi connectivity index (χ3n) is 6.07. The lowest BCUT2D eigenvalue weighted by atomic mass is 10.1. The van der Waals surface area contributed by atoms with E-state index < -0.39 is 0 Å². The van der Waals surface area contributed by atoms with Crippen LogP contribution in [0.5, 0.6) is 0 Å². The van der Waals surface area contributed by atoms with Crippen LogP contribution in [0.25, 0.3) is 5.52 Å². The number of fused-ring (bicyclic) bond motifs is 2. The van der Waals surface area contributed by atoms with Crippen LogP contribution < -0.4 is 20.4 Å². The number of carbonyl (C=O) groups is 1. The van der Waals surface area contributed by atoms with Crippen LogP contribution in [0.1, 0.15) is 23.7 Å². The molecular formula is C22H27N7O. The smallest absolute Gasteiger partial charge is 0.327 e. The summed E-state index contributed by atoms with van der Waals surface area (Å²) in [6, 6.07) is 6.32. The molecule has 0 aromatic carbocycles. The molecule has 8 heteroatoms. The zero-order valence-corrected chi connectivity index (χ0v) is 17.6. The van der Waals surface area contributed by atoms with Crippen molar-refractivity contribution in [2.24, 2.45) is 0 Å². The number of hydrogen-bond acceptors (Lipinski definition) is 5. The van der Waals surface area contributed by atoms with Crippen LogP contribution in [0, 0.1) is 13.8 Å². The Labute approximate surface area is 175 Å². The van der Waals surface area contributed by atoms with E-state index in [1.54, 1.807) is 4.90 Å². The molecule has 156 valence electrons. The summed E-state index contributed by atoms with van der Waals surface area (Å²) < 4.78 is 1.84. The molecule has 8 nitrogen and oxygen atoms in total. The number of nitrogens with zero attached hydrogens (tertiary/aromatic N) is 5. The Morgan fingerprint density at radius 1 is 1.27 bits per heavy atom. The summed E-state index contributed by atoms with van der Waals surface area (Å²) >= 11 is 0.